The van der Waals surface area contributed by atoms with Crippen molar-refractivity contribution in [1.29, 1.82) is 0 Å². The van der Waals surface area contributed by atoms with Gasteiger partial charge in [-0.1, -0.05) is 13.8 Å². The molecular weight excluding hydrogens is 356 g/mol. The van der Waals surface area contributed by atoms with E-state index in [1.54, 1.807) is 17.0 Å². The molecule has 1 amide bonds. The highest BCUT2D eigenvalue weighted by atomic mass is 16.6. The van der Waals surface area contributed by atoms with Crippen molar-refractivity contribution in [3.05, 3.63) is 64.0 Å². The van der Waals surface area contributed by atoms with Crippen LogP contribution in [0.3, 0.4) is 0 Å². The van der Waals surface area contributed by atoms with E-state index in [9.17, 15) is 14.9 Å². The van der Waals surface area contributed by atoms with Crippen LogP contribution in [0.2, 0.25) is 0 Å². The van der Waals surface area contributed by atoms with Gasteiger partial charge in [0.15, 0.2) is 0 Å². The summed E-state index contributed by atoms with van der Waals surface area (Å²) in [4.78, 5) is 29.2. The summed E-state index contributed by atoms with van der Waals surface area (Å²) in [5, 5.41) is 10.8. The number of non-ortho nitro benzene ring substituents is 1. The summed E-state index contributed by atoms with van der Waals surface area (Å²) < 4.78 is 1.95. The topological polar surface area (TPSA) is 80.8 Å². The first kappa shape index (κ1) is 19.5. The molecule has 0 fully saturated rings. The molecule has 1 aromatic carbocycles. The SMILES string of the molecule is Cc1cc(CN(C)C(=O)CC(C)C)c2nc(-c3ccc([N+](=O)[O-])cc3)cn2c1. The molecule has 3 aromatic rings. The van der Waals surface area contributed by atoms with Crippen molar-refractivity contribution < 1.29 is 9.72 Å². The number of carbonyl (C=O) groups excluding carboxylic acids is 1. The number of imidazole rings is 1. The van der Waals surface area contributed by atoms with E-state index in [0.29, 0.717) is 18.9 Å². The molecule has 3 rings (SSSR count). The molecule has 0 atom stereocenters. The number of nitro groups is 1. The average molecular weight is 380 g/mol. The van der Waals surface area contributed by atoms with Gasteiger partial charge >= 0.3 is 0 Å². The zero-order valence-electron chi connectivity index (χ0n) is 16.5. The lowest BCUT2D eigenvalue weighted by Gasteiger charge is -2.19. The molecule has 0 radical (unpaired) electrons. The van der Waals surface area contributed by atoms with E-state index in [0.717, 1.165) is 28.0 Å². The summed E-state index contributed by atoms with van der Waals surface area (Å²) in [6.07, 6.45) is 4.40. The summed E-state index contributed by atoms with van der Waals surface area (Å²) in [5.74, 6) is 0.421. The molecular formula is C21H24N4O3. The third-order valence-corrected chi connectivity index (χ3v) is 4.55. The van der Waals surface area contributed by atoms with Gasteiger partial charge in [0.1, 0.15) is 5.65 Å². The zero-order valence-corrected chi connectivity index (χ0v) is 16.5. The number of pyridine rings is 1. The second kappa shape index (κ2) is 7.80. The van der Waals surface area contributed by atoms with Crippen LogP contribution in [0.1, 0.15) is 31.4 Å². The predicted molar refractivity (Wildman–Crippen MR) is 108 cm³/mol. The van der Waals surface area contributed by atoms with Crippen molar-refractivity contribution in [2.75, 3.05) is 7.05 Å². The molecule has 0 bridgehead atoms. The Balaban J connectivity index is 1.94. The van der Waals surface area contributed by atoms with Crippen molar-refractivity contribution in [3.8, 4) is 11.3 Å². The number of rotatable bonds is 6. The van der Waals surface area contributed by atoms with Gasteiger partial charge in [-0.15, -0.1) is 0 Å². The molecule has 0 saturated heterocycles. The van der Waals surface area contributed by atoms with Crippen LogP contribution < -0.4 is 0 Å². The standard InChI is InChI=1S/C21H24N4O3/c1-14(2)9-20(26)23(4)12-17-10-15(3)11-24-13-19(22-21(17)24)16-5-7-18(8-6-16)25(27)28/h5-8,10-11,13-14H,9,12H2,1-4H3. The van der Waals surface area contributed by atoms with Gasteiger partial charge in [0.25, 0.3) is 5.69 Å². The molecule has 7 nitrogen and oxygen atoms in total. The van der Waals surface area contributed by atoms with E-state index in [-0.39, 0.29) is 11.6 Å². The van der Waals surface area contributed by atoms with Crippen LogP contribution >= 0.6 is 0 Å². The first-order valence-electron chi connectivity index (χ1n) is 9.21. The number of amides is 1. The minimum Gasteiger partial charge on any atom is -0.341 e. The van der Waals surface area contributed by atoms with Crippen LogP contribution in [0.25, 0.3) is 16.9 Å². The maximum Gasteiger partial charge on any atom is 0.269 e. The monoisotopic (exact) mass is 380 g/mol. The number of aryl methyl sites for hydroxylation is 1. The Bertz CT molecular complexity index is 1020. The van der Waals surface area contributed by atoms with Crippen molar-refractivity contribution >= 4 is 17.2 Å². The van der Waals surface area contributed by atoms with Gasteiger partial charge in [-0.25, -0.2) is 4.98 Å². The lowest BCUT2D eigenvalue weighted by molar-refractivity contribution is -0.384. The van der Waals surface area contributed by atoms with Crippen LogP contribution in [-0.2, 0) is 11.3 Å². The van der Waals surface area contributed by atoms with E-state index in [1.807, 2.05) is 50.7 Å². The molecule has 0 N–H and O–H groups in total. The molecule has 7 heteroatoms. The van der Waals surface area contributed by atoms with Crippen molar-refractivity contribution in [2.24, 2.45) is 5.92 Å². The molecule has 0 saturated carbocycles. The fraction of sp³-hybridized carbons (Fsp3) is 0.333. The zero-order chi connectivity index (χ0) is 20.4. The largest absolute Gasteiger partial charge is 0.341 e. The highest BCUT2D eigenvalue weighted by molar-refractivity contribution is 5.76. The second-order valence-corrected chi connectivity index (χ2v) is 7.55. The Hall–Kier alpha value is -3.22. The molecule has 0 unspecified atom stereocenters. The van der Waals surface area contributed by atoms with Crippen molar-refractivity contribution in [1.82, 2.24) is 14.3 Å². The van der Waals surface area contributed by atoms with Crippen LogP contribution in [0, 0.1) is 23.0 Å². The first-order valence-corrected chi connectivity index (χ1v) is 9.21. The quantitative estimate of drug-likeness (QED) is 0.474. The third kappa shape index (κ3) is 4.19. The summed E-state index contributed by atoms with van der Waals surface area (Å²) in [7, 11) is 1.81. The molecule has 28 heavy (non-hydrogen) atoms. The van der Waals surface area contributed by atoms with Gasteiger partial charge in [-0.3, -0.25) is 14.9 Å². The highest BCUT2D eigenvalue weighted by Gasteiger charge is 2.15. The van der Waals surface area contributed by atoms with E-state index in [2.05, 4.69) is 0 Å². The Morgan fingerprint density at radius 3 is 2.54 bits per heavy atom. The summed E-state index contributed by atoms with van der Waals surface area (Å²) >= 11 is 0. The minimum absolute atomic E-state index is 0.0503. The Morgan fingerprint density at radius 1 is 1.25 bits per heavy atom. The molecule has 0 aliphatic heterocycles. The Labute approximate surface area is 163 Å². The van der Waals surface area contributed by atoms with Gasteiger partial charge in [0.2, 0.25) is 5.91 Å². The predicted octanol–water partition coefficient (Wildman–Crippen LogP) is 4.22. The number of hydrogen-bond donors (Lipinski definition) is 0. The normalized spacial score (nSPS) is 11.2. The molecule has 0 spiro atoms. The minimum atomic E-state index is -0.418. The van der Waals surface area contributed by atoms with E-state index < -0.39 is 4.92 Å². The van der Waals surface area contributed by atoms with Gasteiger partial charge in [0.05, 0.1) is 10.6 Å². The smallest absolute Gasteiger partial charge is 0.269 e. The van der Waals surface area contributed by atoms with Crippen molar-refractivity contribution in [3.63, 3.8) is 0 Å². The van der Waals surface area contributed by atoms with Crippen LogP contribution in [0.5, 0.6) is 0 Å². The number of carbonyl (C=O) groups is 1. The number of hydrogen-bond acceptors (Lipinski definition) is 4. The Kier molecular flexibility index (Phi) is 5.44. The highest BCUT2D eigenvalue weighted by Crippen LogP contribution is 2.24. The lowest BCUT2D eigenvalue weighted by Crippen LogP contribution is -2.27. The Morgan fingerprint density at radius 2 is 1.93 bits per heavy atom. The van der Waals surface area contributed by atoms with Gasteiger partial charge in [0, 0.05) is 55.7 Å². The number of nitro benzene ring substituents is 1. The molecule has 0 aliphatic rings. The van der Waals surface area contributed by atoms with Crippen LogP contribution in [0.4, 0.5) is 5.69 Å². The number of fused-ring (bicyclic) bond motifs is 1. The maximum absolute atomic E-state index is 12.3. The number of aromatic nitrogens is 2. The summed E-state index contributed by atoms with van der Waals surface area (Å²) in [6.45, 7) is 6.54. The van der Waals surface area contributed by atoms with E-state index >= 15 is 0 Å². The molecule has 0 aliphatic carbocycles. The molecule has 146 valence electrons. The van der Waals surface area contributed by atoms with E-state index in [4.69, 9.17) is 4.98 Å². The first-order chi connectivity index (χ1) is 13.2. The van der Waals surface area contributed by atoms with Gasteiger partial charge in [-0.2, -0.15) is 0 Å². The van der Waals surface area contributed by atoms with Crippen LogP contribution in [0.15, 0.2) is 42.7 Å². The number of nitrogens with zero attached hydrogens (tertiary/aromatic N) is 4. The van der Waals surface area contributed by atoms with E-state index in [1.165, 1.54) is 12.1 Å². The second-order valence-electron chi connectivity index (χ2n) is 7.55. The molecule has 2 heterocycles. The average Bonchev–Trinajstić information content (AvgIpc) is 3.05. The molecule has 2 aromatic heterocycles. The summed E-state index contributed by atoms with van der Waals surface area (Å²) in [6, 6.07) is 8.39. The van der Waals surface area contributed by atoms with Crippen molar-refractivity contribution in [2.45, 2.75) is 33.7 Å². The van der Waals surface area contributed by atoms with Gasteiger partial charge in [-0.05, 0) is 36.6 Å². The lowest BCUT2D eigenvalue weighted by atomic mass is 10.1. The third-order valence-electron chi connectivity index (χ3n) is 4.55. The fourth-order valence-corrected chi connectivity index (χ4v) is 3.18. The number of benzene rings is 1. The van der Waals surface area contributed by atoms with Crippen LogP contribution in [-0.4, -0.2) is 32.2 Å². The maximum atomic E-state index is 12.3. The fourth-order valence-electron chi connectivity index (χ4n) is 3.18. The van der Waals surface area contributed by atoms with Gasteiger partial charge < -0.3 is 9.30 Å². The summed E-state index contributed by atoms with van der Waals surface area (Å²) in [5.41, 5.74) is 4.41.